The lowest BCUT2D eigenvalue weighted by molar-refractivity contribution is 0.0934. The van der Waals surface area contributed by atoms with Crippen LogP contribution in [0.15, 0.2) is 18.2 Å². The van der Waals surface area contributed by atoms with E-state index in [0.29, 0.717) is 12.5 Å². The summed E-state index contributed by atoms with van der Waals surface area (Å²) >= 11 is 0. The molecule has 19 heavy (non-hydrogen) atoms. The number of phenols is 1. The molecule has 0 bridgehead atoms. The highest BCUT2D eigenvalue weighted by Crippen LogP contribution is 2.16. The average molecular weight is 268 g/mol. The molecule has 1 atom stereocenters. The van der Waals surface area contributed by atoms with Gasteiger partial charge in [0.1, 0.15) is 0 Å². The van der Waals surface area contributed by atoms with Crippen molar-refractivity contribution in [3.8, 4) is 5.75 Å². The fourth-order valence-corrected chi connectivity index (χ4v) is 1.97. The molecule has 0 aliphatic carbocycles. The Morgan fingerprint density at radius 2 is 2.05 bits per heavy atom. The molecule has 1 rings (SSSR count). The van der Waals surface area contributed by atoms with Crippen LogP contribution >= 0.6 is 0 Å². The highest BCUT2D eigenvalue weighted by Gasteiger charge is 2.17. The van der Waals surface area contributed by atoms with E-state index in [1.807, 2.05) is 19.0 Å². The second-order valence-corrected chi connectivity index (χ2v) is 5.15. The number of phenolic OH excluding ortho intramolecular Hbond substituents is 1. The van der Waals surface area contributed by atoms with Crippen molar-refractivity contribution >= 4 is 5.91 Å². The summed E-state index contributed by atoms with van der Waals surface area (Å²) in [6.07, 6.45) is 0. The van der Waals surface area contributed by atoms with Gasteiger partial charge in [0.25, 0.3) is 5.91 Å². The van der Waals surface area contributed by atoms with E-state index in [1.165, 1.54) is 6.07 Å². The number of aromatic hydroxyl groups is 1. The van der Waals surface area contributed by atoms with E-state index < -0.39 is 11.6 Å². The quantitative estimate of drug-likeness (QED) is 0.857. The standard InChI is InChI=1S/C14H21FN2O2/c1-9(2)12(17(3)4)8-16-14(19)10-5-6-11(15)13(18)7-10/h5-7,9,12,18H,8H2,1-4H3,(H,16,19)/t12-/m0/s1. The van der Waals surface area contributed by atoms with E-state index in [-0.39, 0.29) is 17.5 Å². The van der Waals surface area contributed by atoms with Gasteiger partial charge in [0.05, 0.1) is 0 Å². The smallest absolute Gasteiger partial charge is 0.251 e. The third-order valence-electron chi connectivity index (χ3n) is 3.11. The fraction of sp³-hybridized carbons (Fsp3) is 0.500. The van der Waals surface area contributed by atoms with Crippen molar-refractivity contribution in [2.24, 2.45) is 5.92 Å². The lowest BCUT2D eigenvalue weighted by Gasteiger charge is -2.28. The van der Waals surface area contributed by atoms with Crippen molar-refractivity contribution in [3.63, 3.8) is 0 Å². The largest absolute Gasteiger partial charge is 0.505 e. The van der Waals surface area contributed by atoms with E-state index in [2.05, 4.69) is 19.2 Å². The van der Waals surface area contributed by atoms with Crippen LogP contribution in [0.1, 0.15) is 24.2 Å². The Balaban J connectivity index is 2.66. The number of nitrogens with one attached hydrogen (secondary N) is 1. The van der Waals surface area contributed by atoms with Gasteiger partial charge >= 0.3 is 0 Å². The van der Waals surface area contributed by atoms with Gasteiger partial charge in [0.2, 0.25) is 0 Å². The predicted molar refractivity (Wildman–Crippen MR) is 72.7 cm³/mol. The van der Waals surface area contributed by atoms with Crippen molar-refractivity contribution in [2.75, 3.05) is 20.6 Å². The Morgan fingerprint density at radius 3 is 2.53 bits per heavy atom. The maximum Gasteiger partial charge on any atom is 0.251 e. The summed E-state index contributed by atoms with van der Waals surface area (Å²) in [7, 11) is 3.92. The van der Waals surface area contributed by atoms with E-state index in [4.69, 9.17) is 0 Å². The van der Waals surface area contributed by atoms with Crippen LogP contribution in [0, 0.1) is 11.7 Å². The molecule has 0 aromatic heterocycles. The van der Waals surface area contributed by atoms with Crippen molar-refractivity contribution in [1.29, 1.82) is 0 Å². The number of amides is 1. The normalized spacial score (nSPS) is 12.8. The number of benzene rings is 1. The number of hydrogen-bond acceptors (Lipinski definition) is 3. The highest BCUT2D eigenvalue weighted by molar-refractivity contribution is 5.94. The Morgan fingerprint density at radius 1 is 1.42 bits per heavy atom. The molecule has 0 heterocycles. The summed E-state index contributed by atoms with van der Waals surface area (Å²) < 4.78 is 12.9. The summed E-state index contributed by atoms with van der Waals surface area (Å²) in [6.45, 7) is 4.67. The predicted octanol–water partition coefficient (Wildman–Crippen LogP) is 1.85. The van der Waals surface area contributed by atoms with Gasteiger partial charge in [-0.2, -0.15) is 0 Å². The molecule has 0 saturated carbocycles. The number of rotatable bonds is 5. The van der Waals surface area contributed by atoms with E-state index in [0.717, 1.165) is 12.1 Å². The SMILES string of the molecule is CC(C)[C@H](CNC(=O)c1ccc(F)c(O)c1)N(C)C. The number of halogens is 1. The van der Waals surface area contributed by atoms with Crippen molar-refractivity contribution in [1.82, 2.24) is 10.2 Å². The summed E-state index contributed by atoms with van der Waals surface area (Å²) in [6, 6.07) is 3.78. The summed E-state index contributed by atoms with van der Waals surface area (Å²) in [5.41, 5.74) is 0.250. The van der Waals surface area contributed by atoms with Gasteiger partial charge in [-0.3, -0.25) is 4.79 Å². The Bertz CT molecular complexity index is 439. The first kappa shape index (κ1) is 15.4. The summed E-state index contributed by atoms with van der Waals surface area (Å²) in [5, 5.41) is 12.0. The molecule has 5 heteroatoms. The van der Waals surface area contributed by atoms with Crippen LogP contribution in [0.5, 0.6) is 5.75 Å². The Kier molecular flexibility index (Phi) is 5.30. The van der Waals surface area contributed by atoms with E-state index in [1.54, 1.807) is 0 Å². The first-order valence-corrected chi connectivity index (χ1v) is 6.26. The molecule has 0 spiro atoms. The zero-order valence-corrected chi connectivity index (χ0v) is 11.8. The zero-order valence-electron chi connectivity index (χ0n) is 11.8. The molecule has 1 aromatic carbocycles. The molecule has 0 radical (unpaired) electrons. The van der Waals surface area contributed by atoms with Gasteiger partial charge in [-0.25, -0.2) is 4.39 Å². The van der Waals surface area contributed by atoms with Crippen molar-refractivity contribution < 1.29 is 14.3 Å². The van der Waals surface area contributed by atoms with Crippen LogP contribution < -0.4 is 5.32 Å². The van der Waals surface area contributed by atoms with Crippen molar-refractivity contribution in [2.45, 2.75) is 19.9 Å². The minimum absolute atomic E-state index is 0.220. The minimum Gasteiger partial charge on any atom is -0.505 e. The second-order valence-electron chi connectivity index (χ2n) is 5.15. The van der Waals surface area contributed by atoms with Crippen LogP contribution in [0.25, 0.3) is 0 Å². The number of carbonyl (C=O) groups is 1. The van der Waals surface area contributed by atoms with Crippen LogP contribution in [0.3, 0.4) is 0 Å². The molecule has 1 amide bonds. The lowest BCUT2D eigenvalue weighted by atomic mass is 10.0. The van der Waals surface area contributed by atoms with Gasteiger partial charge in [0.15, 0.2) is 11.6 Å². The number of hydrogen-bond donors (Lipinski definition) is 2. The molecule has 0 aliphatic heterocycles. The number of nitrogens with zero attached hydrogens (tertiary/aromatic N) is 1. The van der Waals surface area contributed by atoms with Crippen LogP contribution in [0.2, 0.25) is 0 Å². The monoisotopic (exact) mass is 268 g/mol. The number of likely N-dealkylation sites (N-methyl/N-ethyl adjacent to an activating group) is 1. The van der Waals surface area contributed by atoms with Crippen molar-refractivity contribution in [3.05, 3.63) is 29.6 Å². The van der Waals surface area contributed by atoms with Gasteiger partial charge in [-0.15, -0.1) is 0 Å². The van der Waals surface area contributed by atoms with Crippen LogP contribution in [-0.4, -0.2) is 42.6 Å². The molecule has 0 unspecified atom stereocenters. The maximum absolute atomic E-state index is 12.9. The summed E-state index contributed by atoms with van der Waals surface area (Å²) in [5.74, 6) is -1.16. The van der Waals surface area contributed by atoms with Gasteiger partial charge in [0, 0.05) is 18.2 Å². The van der Waals surface area contributed by atoms with E-state index in [9.17, 15) is 14.3 Å². The van der Waals surface area contributed by atoms with Crippen LogP contribution in [-0.2, 0) is 0 Å². The molecular formula is C14H21FN2O2. The molecular weight excluding hydrogens is 247 g/mol. The molecule has 0 saturated heterocycles. The number of carbonyl (C=O) groups excluding carboxylic acids is 1. The van der Waals surface area contributed by atoms with Gasteiger partial charge in [-0.1, -0.05) is 13.8 Å². The molecule has 1 aromatic rings. The average Bonchev–Trinajstić information content (AvgIpc) is 2.31. The van der Waals surface area contributed by atoms with Gasteiger partial charge in [-0.05, 0) is 38.2 Å². The first-order chi connectivity index (χ1) is 8.82. The molecule has 2 N–H and O–H groups in total. The molecule has 0 aliphatic rings. The topological polar surface area (TPSA) is 52.6 Å². The maximum atomic E-state index is 12.9. The molecule has 0 fully saturated rings. The van der Waals surface area contributed by atoms with Gasteiger partial charge < -0.3 is 15.3 Å². The highest BCUT2D eigenvalue weighted by atomic mass is 19.1. The lowest BCUT2D eigenvalue weighted by Crippen LogP contribution is -2.43. The zero-order chi connectivity index (χ0) is 14.6. The minimum atomic E-state index is -0.732. The van der Waals surface area contributed by atoms with E-state index >= 15 is 0 Å². The van der Waals surface area contributed by atoms with Crippen LogP contribution in [0.4, 0.5) is 4.39 Å². The third-order valence-corrected chi connectivity index (χ3v) is 3.11. The second kappa shape index (κ2) is 6.52. The summed E-state index contributed by atoms with van der Waals surface area (Å²) in [4.78, 5) is 13.9. The Labute approximate surface area is 113 Å². The molecule has 4 nitrogen and oxygen atoms in total. The first-order valence-electron chi connectivity index (χ1n) is 6.26. The fourth-order valence-electron chi connectivity index (χ4n) is 1.97. The molecule has 106 valence electrons. The Hall–Kier alpha value is -1.62. The third kappa shape index (κ3) is 4.21.